The molecule has 0 unspecified atom stereocenters. The Kier molecular flexibility index (Phi) is 2.65. The number of nitrogens with one attached hydrogen (secondary N) is 1. The molecule has 22 heavy (non-hydrogen) atoms. The number of urea groups is 1. The SMILES string of the molecule is CN1NN=C2C(c3nnc(-c4ccccc4)o3)=NCN2C1=O. The van der Waals surface area contributed by atoms with Crippen molar-refractivity contribution in [3.8, 4) is 11.5 Å². The Morgan fingerprint density at radius 1 is 1.18 bits per heavy atom. The van der Waals surface area contributed by atoms with Crippen molar-refractivity contribution < 1.29 is 9.21 Å². The Morgan fingerprint density at radius 2 is 1.95 bits per heavy atom. The molecule has 2 aliphatic rings. The second kappa shape index (κ2) is 4.65. The predicted octanol–water partition coefficient (Wildman–Crippen LogP) is 0.682. The summed E-state index contributed by atoms with van der Waals surface area (Å²) in [4.78, 5) is 17.7. The van der Waals surface area contributed by atoms with Crippen LogP contribution >= 0.6 is 0 Å². The monoisotopic (exact) mass is 297 g/mol. The molecular weight excluding hydrogens is 286 g/mol. The predicted molar refractivity (Wildman–Crippen MR) is 76.7 cm³/mol. The number of hydrazine groups is 1. The Bertz CT molecular complexity index is 796. The van der Waals surface area contributed by atoms with Crippen LogP contribution in [0.5, 0.6) is 0 Å². The molecule has 0 atom stereocenters. The van der Waals surface area contributed by atoms with Gasteiger partial charge in [-0.15, -0.1) is 15.3 Å². The first-order valence-electron chi connectivity index (χ1n) is 6.57. The highest BCUT2D eigenvalue weighted by atomic mass is 16.4. The first-order valence-corrected chi connectivity index (χ1v) is 6.57. The zero-order chi connectivity index (χ0) is 15.1. The number of nitrogens with zero attached hydrogens (tertiary/aromatic N) is 6. The van der Waals surface area contributed by atoms with E-state index in [-0.39, 0.29) is 18.6 Å². The van der Waals surface area contributed by atoms with Gasteiger partial charge in [0.2, 0.25) is 5.89 Å². The van der Waals surface area contributed by atoms with Crippen LogP contribution in [0.4, 0.5) is 4.79 Å². The number of carbonyl (C=O) groups is 1. The summed E-state index contributed by atoms with van der Waals surface area (Å²) < 4.78 is 5.65. The fraction of sp³-hybridized carbons (Fsp3) is 0.154. The quantitative estimate of drug-likeness (QED) is 0.878. The number of hydrogen-bond donors (Lipinski definition) is 1. The molecule has 2 aliphatic heterocycles. The summed E-state index contributed by atoms with van der Waals surface area (Å²) in [7, 11) is 1.58. The standard InChI is InChI=1S/C13H11N7O2/c1-19-13(21)20-7-14-9(10(20)15-18-19)12-17-16-11(22-12)8-5-3-2-4-6-8/h2-6,18H,7H2,1H3. The molecule has 4 rings (SSSR count). The van der Waals surface area contributed by atoms with Crippen molar-refractivity contribution in [3.05, 3.63) is 36.2 Å². The summed E-state index contributed by atoms with van der Waals surface area (Å²) >= 11 is 0. The second-order valence-electron chi connectivity index (χ2n) is 4.73. The lowest BCUT2D eigenvalue weighted by atomic mass is 10.2. The van der Waals surface area contributed by atoms with Crippen LogP contribution in [0.2, 0.25) is 0 Å². The van der Waals surface area contributed by atoms with Crippen LogP contribution in [0.15, 0.2) is 44.8 Å². The van der Waals surface area contributed by atoms with Crippen LogP contribution in [0.25, 0.3) is 11.5 Å². The van der Waals surface area contributed by atoms with E-state index in [0.29, 0.717) is 17.4 Å². The zero-order valence-electron chi connectivity index (χ0n) is 11.6. The van der Waals surface area contributed by atoms with E-state index >= 15 is 0 Å². The van der Waals surface area contributed by atoms with Crippen molar-refractivity contribution in [2.24, 2.45) is 10.1 Å². The highest BCUT2D eigenvalue weighted by Gasteiger charge is 2.37. The van der Waals surface area contributed by atoms with Crippen LogP contribution in [-0.4, -0.2) is 51.4 Å². The van der Waals surface area contributed by atoms with Crippen molar-refractivity contribution in [2.75, 3.05) is 13.7 Å². The van der Waals surface area contributed by atoms with Crippen molar-refractivity contribution >= 4 is 17.6 Å². The summed E-state index contributed by atoms with van der Waals surface area (Å²) in [5.74, 6) is 1.01. The number of aliphatic imine (C=N–C) groups is 1. The Hall–Kier alpha value is -3.23. The molecule has 0 radical (unpaired) electrons. The van der Waals surface area contributed by atoms with Gasteiger partial charge < -0.3 is 4.42 Å². The molecule has 1 aromatic carbocycles. The molecule has 1 N–H and O–H groups in total. The van der Waals surface area contributed by atoms with E-state index in [0.717, 1.165) is 5.56 Å². The zero-order valence-corrected chi connectivity index (χ0v) is 11.6. The first-order chi connectivity index (χ1) is 10.7. The van der Waals surface area contributed by atoms with Gasteiger partial charge in [-0.3, -0.25) is 9.89 Å². The fourth-order valence-corrected chi connectivity index (χ4v) is 2.20. The van der Waals surface area contributed by atoms with Crippen LogP contribution in [0.1, 0.15) is 5.89 Å². The van der Waals surface area contributed by atoms with Gasteiger partial charge >= 0.3 is 6.03 Å². The number of fused-ring (bicyclic) bond motifs is 1. The lowest BCUT2D eigenvalue weighted by Crippen LogP contribution is -2.53. The molecule has 0 saturated heterocycles. The van der Waals surface area contributed by atoms with Gasteiger partial charge in [0, 0.05) is 12.6 Å². The summed E-state index contributed by atoms with van der Waals surface area (Å²) in [6.07, 6.45) is 0. The van der Waals surface area contributed by atoms with E-state index in [1.165, 1.54) is 9.91 Å². The molecule has 0 bridgehead atoms. The number of aromatic nitrogens is 2. The number of benzene rings is 1. The molecule has 0 fully saturated rings. The molecule has 1 aromatic heterocycles. The van der Waals surface area contributed by atoms with Gasteiger partial charge in [0.05, 0.1) is 0 Å². The van der Waals surface area contributed by atoms with Crippen molar-refractivity contribution in [1.82, 2.24) is 25.6 Å². The lowest BCUT2D eigenvalue weighted by Gasteiger charge is -2.27. The van der Waals surface area contributed by atoms with Crippen LogP contribution < -0.4 is 5.53 Å². The average molecular weight is 297 g/mol. The van der Waals surface area contributed by atoms with E-state index < -0.39 is 0 Å². The third kappa shape index (κ3) is 1.83. The summed E-state index contributed by atoms with van der Waals surface area (Å²) in [5.41, 5.74) is 3.82. The third-order valence-corrected chi connectivity index (χ3v) is 3.31. The number of carbonyl (C=O) groups excluding carboxylic acids is 1. The molecule has 0 saturated carbocycles. The number of hydrogen-bond acceptors (Lipinski definition) is 7. The van der Waals surface area contributed by atoms with Crippen molar-refractivity contribution in [2.45, 2.75) is 0 Å². The molecule has 110 valence electrons. The molecule has 0 aliphatic carbocycles. The number of rotatable bonds is 2. The van der Waals surface area contributed by atoms with Crippen LogP contribution in [0, 0.1) is 0 Å². The molecular formula is C13H11N7O2. The molecule has 9 nitrogen and oxygen atoms in total. The third-order valence-electron chi connectivity index (χ3n) is 3.31. The number of amides is 2. The topological polar surface area (TPSA) is 99.2 Å². The molecule has 9 heteroatoms. The molecule has 0 spiro atoms. The highest BCUT2D eigenvalue weighted by molar-refractivity contribution is 6.49. The Labute approximate surface area is 124 Å². The summed E-state index contributed by atoms with van der Waals surface area (Å²) in [5, 5.41) is 13.4. The summed E-state index contributed by atoms with van der Waals surface area (Å²) in [6.45, 7) is 0.183. The maximum atomic E-state index is 12.0. The lowest BCUT2D eigenvalue weighted by molar-refractivity contribution is 0.159. The second-order valence-corrected chi connectivity index (χ2v) is 4.73. The largest absolute Gasteiger partial charge is 0.414 e. The maximum Gasteiger partial charge on any atom is 0.346 e. The first kappa shape index (κ1) is 12.5. The Morgan fingerprint density at radius 3 is 2.77 bits per heavy atom. The average Bonchev–Trinajstić information content (AvgIpc) is 3.18. The smallest absolute Gasteiger partial charge is 0.346 e. The highest BCUT2D eigenvalue weighted by Crippen LogP contribution is 2.20. The number of hydrazone groups is 1. The fourth-order valence-electron chi connectivity index (χ4n) is 2.20. The van der Waals surface area contributed by atoms with Gasteiger partial charge in [0.15, 0.2) is 11.5 Å². The molecule has 2 aromatic rings. The number of amidine groups is 1. The van der Waals surface area contributed by atoms with Gasteiger partial charge in [-0.2, -0.15) is 0 Å². The van der Waals surface area contributed by atoms with Crippen LogP contribution in [0.3, 0.4) is 0 Å². The van der Waals surface area contributed by atoms with Gasteiger partial charge in [0.25, 0.3) is 5.89 Å². The maximum absolute atomic E-state index is 12.0. The van der Waals surface area contributed by atoms with Crippen molar-refractivity contribution in [3.63, 3.8) is 0 Å². The summed E-state index contributed by atoms with van der Waals surface area (Å²) in [6, 6.07) is 9.18. The van der Waals surface area contributed by atoms with Gasteiger partial charge in [-0.05, 0) is 12.1 Å². The molecule has 3 heterocycles. The van der Waals surface area contributed by atoms with E-state index in [4.69, 9.17) is 4.42 Å². The van der Waals surface area contributed by atoms with Gasteiger partial charge in [-0.25, -0.2) is 15.3 Å². The minimum atomic E-state index is -0.244. The van der Waals surface area contributed by atoms with Gasteiger partial charge in [0.1, 0.15) is 6.67 Å². The van der Waals surface area contributed by atoms with Crippen molar-refractivity contribution in [1.29, 1.82) is 0 Å². The van der Waals surface area contributed by atoms with Gasteiger partial charge in [-0.1, -0.05) is 18.2 Å². The van der Waals surface area contributed by atoms with E-state index in [2.05, 4.69) is 25.8 Å². The van der Waals surface area contributed by atoms with Crippen LogP contribution in [-0.2, 0) is 0 Å². The van der Waals surface area contributed by atoms with E-state index in [1.54, 1.807) is 7.05 Å². The molecule has 2 amide bonds. The van der Waals surface area contributed by atoms with E-state index in [1.807, 2.05) is 30.3 Å². The van der Waals surface area contributed by atoms with E-state index in [9.17, 15) is 4.79 Å². The Balaban J connectivity index is 1.67. The minimum Gasteiger partial charge on any atom is -0.414 e. The minimum absolute atomic E-state index is 0.183. The normalized spacial score (nSPS) is 17.0.